The molecule has 0 heterocycles. The Balaban J connectivity index is 2.02. The second-order valence-electron chi connectivity index (χ2n) is 6.57. The molecule has 0 fully saturated rings. The Kier molecular flexibility index (Phi) is 8.15. The molecule has 0 saturated heterocycles. The maximum atomic E-state index is 12.9. The van der Waals surface area contributed by atoms with Crippen LogP contribution in [0.15, 0.2) is 48.5 Å². The molecule has 1 atom stereocenters. The molecule has 8 heteroatoms. The van der Waals surface area contributed by atoms with Crippen molar-refractivity contribution in [3.05, 3.63) is 70.5 Å². The van der Waals surface area contributed by atoms with Gasteiger partial charge in [0.1, 0.15) is 5.82 Å². The molecule has 0 aliphatic rings. The van der Waals surface area contributed by atoms with Crippen LogP contribution in [0.4, 0.5) is 4.39 Å². The zero-order valence-corrected chi connectivity index (χ0v) is 16.8. The monoisotopic (exact) mass is 420 g/mol. The maximum absolute atomic E-state index is 12.9. The van der Waals surface area contributed by atoms with E-state index in [1.165, 1.54) is 12.1 Å². The Morgan fingerprint density at radius 2 is 1.72 bits per heavy atom. The van der Waals surface area contributed by atoms with E-state index in [1.807, 2.05) is 0 Å². The number of amides is 2. The number of hydrogen-bond donors (Lipinski definition) is 2. The molecule has 0 radical (unpaired) electrons. The normalized spacial score (nSPS) is 11.6. The molecule has 0 bridgehead atoms. The van der Waals surface area contributed by atoms with Crippen LogP contribution in [0.25, 0.3) is 0 Å². The van der Waals surface area contributed by atoms with Crippen molar-refractivity contribution in [2.75, 3.05) is 6.54 Å². The lowest BCUT2D eigenvalue weighted by atomic mass is 10.0. The number of carbonyl (C=O) groups is 3. The fourth-order valence-electron chi connectivity index (χ4n) is 2.58. The molecule has 2 N–H and O–H groups in total. The molecule has 2 rings (SSSR count). The van der Waals surface area contributed by atoms with Gasteiger partial charge >= 0.3 is 5.97 Å². The molecule has 154 valence electrons. The van der Waals surface area contributed by atoms with Gasteiger partial charge in [-0.2, -0.15) is 0 Å². The van der Waals surface area contributed by atoms with Crippen molar-refractivity contribution in [1.82, 2.24) is 10.6 Å². The molecule has 0 saturated carbocycles. The third kappa shape index (κ3) is 7.19. The summed E-state index contributed by atoms with van der Waals surface area (Å²) in [5.41, 5.74) is 0.787. The van der Waals surface area contributed by atoms with Crippen LogP contribution >= 0.6 is 11.6 Å². The molecule has 0 aliphatic heterocycles. The Hall–Kier alpha value is -2.93. The van der Waals surface area contributed by atoms with Gasteiger partial charge in [-0.05, 0) is 49.7 Å². The summed E-state index contributed by atoms with van der Waals surface area (Å²) in [4.78, 5) is 36.5. The lowest BCUT2D eigenvalue weighted by molar-refractivity contribution is -0.148. The van der Waals surface area contributed by atoms with E-state index in [4.69, 9.17) is 16.3 Å². The highest BCUT2D eigenvalue weighted by molar-refractivity contribution is 6.31. The summed E-state index contributed by atoms with van der Waals surface area (Å²) in [5, 5.41) is 5.54. The average molecular weight is 421 g/mol. The average Bonchev–Trinajstić information content (AvgIpc) is 2.66. The molecule has 1 unspecified atom stereocenters. The van der Waals surface area contributed by atoms with E-state index in [2.05, 4.69) is 10.6 Å². The Labute approximate surface area is 173 Å². The predicted molar refractivity (Wildman–Crippen MR) is 107 cm³/mol. The van der Waals surface area contributed by atoms with E-state index >= 15 is 0 Å². The topological polar surface area (TPSA) is 84.5 Å². The van der Waals surface area contributed by atoms with Gasteiger partial charge in [-0.25, -0.2) is 4.39 Å². The van der Waals surface area contributed by atoms with Crippen LogP contribution in [-0.4, -0.2) is 30.4 Å². The summed E-state index contributed by atoms with van der Waals surface area (Å²) < 4.78 is 18.1. The largest absolute Gasteiger partial charge is 0.463 e. The van der Waals surface area contributed by atoms with Crippen molar-refractivity contribution < 1.29 is 23.5 Å². The molecular weight excluding hydrogens is 399 g/mol. The first-order valence-corrected chi connectivity index (χ1v) is 9.41. The third-order valence-corrected chi connectivity index (χ3v) is 4.21. The quantitative estimate of drug-likeness (QED) is 0.641. The summed E-state index contributed by atoms with van der Waals surface area (Å²) in [6.07, 6.45) is -0.403. The van der Waals surface area contributed by atoms with Gasteiger partial charge in [-0.3, -0.25) is 14.4 Å². The van der Waals surface area contributed by atoms with Crippen LogP contribution < -0.4 is 10.6 Å². The molecule has 29 heavy (non-hydrogen) atoms. The van der Waals surface area contributed by atoms with Crippen molar-refractivity contribution in [2.45, 2.75) is 32.4 Å². The molecule has 6 nitrogen and oxygen atoms in total. The number of ether oxygens (including phenoxy) is 1. The summed E-state index contributed by atoms with van der Waals surface area (Å²) in [6, 6.07) is 11.1. The second-order valence-corrected chi connectivity index (χ2v) is 6.98. The zero-order valence-electron chi connectivity index (χ0n) is 16.1. The van der Waals surface area contributed by atoms with E-state index in [0.717, 1.165) is 12.1 Å². The Morgan fingerprint density at radius 1 is 1.07 bits per heavy atom. The Bertz CT molecular complexity index is 871. The summed E-state index contributed by atoms with van der Waals surface area (Å²) >= 11 is 6.21. The lowest BCUT2D eigenvalue weighted by Gasteiger charge is -2.20. The van der Waals surface area contributed by atoms with Crippen LogP contribution in [0.3, 0.4) is 0 Å². The van der Waals surface area contributed by atoms with E-state index in [9.17, 15) is 18.8 Å². The predicted octanol–water partition coefficient (Wildman–Crippen LogP) is 3.41. The highest BCUT2D eigenvalue weighted by atomic mass is 35.5. The molecule has 2 aromatic rings. The number of esters is 1. The van der Waals surface area contributed by atoms with Gasteiger partial charge in [-0.1, -0.05) is 29.8 Å². The van der Waals surface area contributed by atoms with E-state index in [1.54, 1.807) is 38.1 Å². The van der Waals surface area contributed by atoms with Crippen LogP contribution in [-0.2, 0) is 14.3 Å². The minimum atomic E-state index is -0.717. The number of nitrogens with one attached hydrogen (secondary N) is 2. The van der Waals surface area contributed by atoms with Gasteiger partial charge in [-0.15, -0.1) is 0 Å². The molecular formula is C21H22ClFN2O4. The van der Waals surface area contributed by atoms with Crippen LogP contribution in [0.2, 0.25) is 5.02 Å². The van der Waals surface area contributed by atoms with Crippen molar-refractivity contribution in [2.24, 2.45) is 0 Å². The smallest absolute Gasteiger partial charge is 0.308 e. The molecule has 0 spiro atoms. The summed E-state index contributed by atoms with van der Waals surface area (Å²) in [7, 11) is 0. The van der Waals surface area contributed by atoms with Gasteiger partial charge in [0, 0.05) is 10.6 Å². The van der Waals surface area contributed by atoms with Crippen LogP contribution in [0, 0.1) is 5.82 Å². The number of benzene rings is 2. The van der Waals surface area contributed by atoms with Crippen LogP contribution in [0.5, 0.6) is 0 Å². The zero-order chi connectivity index (χ0) is 21.4. The second kappa shape index (κ2) is 10.6. The first kappa shape index (κ1) is 22.4. The van der Waals surface area contributed by atoms with E-state index < -0.39 is 29.6 Å². The van der Waals surface area contributed by atoms with Crippen molar-refractivity contribution in [1.29, 1.82) is 0 Å². The molecule has 0 aromatic heterocycles. The highest BCUT2D eigenvalue weighted by Crippen LogP contribution is 2.25. The minimum Gasteiger partial charge on any atom is -0.463 e. The molecule has 2 amide bonds. The van der Waals surface area contributed by atoms with E-state index in [-0.39, 0.29) is 24.6 Å². The fourth-order valence-corrected chi connectivity index (χ4v) is 2.85. The van der Waals surface area contributed by atoms with E-state index in [0.29, 0.717) is 10.6 Å². The van der Waals surface area contributed by atoms with Gasteiger partial charge in [0.15, 0.2) is 0 Å². The standard InChI is InChI=1S/C21H22ClFN2O4/c1-13(2)29-20(27)11-18(16-5-3-4-6-17(16)22)25-19(26)12-24-21(28)14-7-9-15(23)10-8-14/h3-10,13,18H,11-12H2,1-2H3,(H,24,28)(H,25,26). The third-order valence-electron chi connectivity index (χ3n) is 3.87. The first-order chi connectivity index (χ1) is 13.8. The number of rotatable bonds is 8. The van der Waals surface area contributed by atoms with Crippen molar-refractivity contribution >= 4 is 29.4 Å². The Morgan fingerprint density at radius 3 is 2.34 bits per heavy atom. The van der Waals surface area contributed by atoms with Gasteiger partial charge < -0.3 is 15.4 Å². The van der Waals surface area contributed by atoms with Crippen molar-refractivity contribution in [3.8, 4) is 0 Å². The molecule has 2 aromatic carbocycles. The number of hydrogen-bond acceptors (Lipinski definition) is 4. The summed E-state index contributed by atoms with van der Waals surface area (Å²) in [5.74, 6) is -1.98. The van der Waals surface area contributed by atoms with Gasteiger partial charge in [0.05, 0.1) is 25.1 Å². The van der Waals surface area contributed by atoms with Gasteiger partial charge in [0.2, 0.25) is 5.91 Å². The number of carbonyl (C=O) groups excluding carboxylic acids is 3. The first-order valence-electron chi connectivity index (χ1n) is 9.03. The molecule has 0 aliphatic carbocycles. The lowest BCUT2D eigenvalue weighted by Crippen LogP contribution is -2.39. The number of halogens is 2. The fraction of sp³-hybridized carbons (Fsp3) is 0.286. The van der Waals surface area contributed by atoms with Crippen LogP contribution in [0.1, 0.15) is 42.2 Å². The SMILES string of the molecule is CC(C)OC(=O)CC(NC(=O)CNC(=O)c1ccc(F)cc1)c1ccccc1Cl. The highest BCUT2D eigenvalue weighted by Gasteiger charge is 2.22. The summed E-state index contributed by atoms with van der Waals surface area (Å²) in [6.45, 7) is 3.13. The maximum Gasteiger partial charge on any atom is 0.308 e. The minimum absolute atomic E-state index is 0.112. The van der Waals surface area contributed by atoms with Gasteiger partial charge in [0.25, 0.3) is 5.91 Å². The van der Waals surface area contributed by atoms with Crippen molar-refractivity contribution in [3.63, 3.8) is 0 Å².